The lowest BCUT2D eigenvalue weighted by atomic mass is 9.87. The summed E-state index contributed by atoms with van der Waals surface area (Å²) in [5.41, 5.74) is 4.71. The Balaban J connectivity index is 1.38. The number of aryl methyl sites for hydroxylation is 1. The molecule has 1 saturated heterocycles. The number of fused-ring (bicyclic) bond motifs is 1. The van der Waals surface area contributed by atoms with Crippen LogP contribution in [-0.4, -0.2) is 23.9 Å². The van der Waals surface area contributed by atoms with Crippen LogP contribution in [0.5, 0.6) is 0 Å². The second-order valence-corrected chi connectivity index (χ2v) is 8.30. The molecule has 1 aliphatic carbocycles. The molecule has 2 aromatic carbocycles. The number of piperidine rings is 1. The molecule has 4 rings (SSSR count). The van der Waals surface area contributed by atoms with E-state index in [-0.39, 0.29) is 11.9 Å². The molecule has 142 valence electrons. The minimum absolute atomic E-state index is 0.0369. The van der Waals surface area contributed by atoms with Gasteiger partial charge in [-0.1, -0.05) is 43.3 Å². The standard InChI is InChI=1S/C24H30N2O/c1-18-6-5-15-26(16-18)17-19-11-13-21(14-12-19)24(27)25-23-10-4-8-20-7-2-3-9-22(20)23/h2-3,7,9,11-14,18,23H,4-6,8,10,15-17H2,1H3,(H,25,27)/t18-,23+/m0/s1. The van der Waals surface area contributed by atoms with E-state index < -0.39 is 0 Å². The Hall–Kier alpha value is -2.13. The molecule has 1 amide bonds. The zero-order valence-corrected chi connectivity index (χ0v) is 16.3. The predicted octanol–water partition coefficient (Wildman–Crippen LogP) is 4.73. The number of hydrogen-bond donors (Lipinski definition) is 1. The highest BCUT2D eigenvalue weighted by Crippen LogP contribution is 2.29. The molecule has 2 aromatic rings. The number of nitrogens with one attached hydrogen (secondary N) is 1. The minimum Gasteiger partial charge on any atom is -0.345 e. The summed E-state index contributed by atoms with van der Waals surface area (Å²) in [4.78, 5) is 15.3. The quantitative estimate of drug-likeness (QED) is 0.853. The third-order valence-electron chi connectivity index (χ3n) is 6.04. The Morgan fingerprint density at radius 3 is 2.70 bits per heavy atom. The Labute approximate surface area is 162 Å². The van der Waals surface area contributed by atoms with Crippen molar-refractivity contribution >= 4 is 5.91 Å². The Morgan fingerprint density at radius 2 is 1.89 bits per heavy atom. The average Bonchev–Trinajstić information content (AvgIpc) is 2.69. The van der Waals surface area contributed by atoms with Crippen LogP contribution in [0.3, 0.4) is 0 Å². The van der Waals surface area contributed by atoms with Crippen LogP contribution in [0.25, 0.3) is 0 Å². The van der Waals surface area contributed by atoms with Crippen molar-refractivity contribution in [3.05, 3.63) is 70.8 Å². The van der Waals surface area contributed by atoms with E-state index in [1.807, 2.05) is 12.1 Å². The van der Waals surface area contributed by atoms with Crippen molar-refractivity contribution in [1.29, 1.82) is 0 Å². The third kappa shape index (κ3) is 4.41. The molecule has 1 aliphatic heterocycles. The highest BCUT2D eigenvalue weighted by atomic mass is 16.1. The number of carbonyl (C=O) groups is 1. The smallest absolute Gasteiger partial charge is 0.251 e. The lowest BCUT2D eigenvalue weighted by Gasteiger charge is -2.30. The molecule has 0 aromatic heterocycles. The number of hydrogen-bond acceptors (Lipinski definition) is 2. The molecule has 0 spiro atoms. The number of nitrogens with zero attached hydrogens (tertiary/aromatic N) is 1. The molecule has 2 atom stereocenters. The van der Waals surface area contributed by atoms with Gasteiger partial charge >= 0.3 is 0 Å². The summed E-state index contributed by atoms with van der Waals surface area (Å²) in [5, 5.41) is 3.25. The fraction of sp³-hybridized carbons (Fsp3) is 0.458. The molecule has 0 bridgehead atoms. The van der Waals surface area contributed by atoms with Crippen LogP contribution in [-0.2, 0) is 13.0 Å². The van der Waals surface area contributed by atoms with Gasteiger partial charge in [-0.3, -0.25) is 9.69 Å². The van der Waals surface area contributed by atoms with Crippen molar-refractivity contribution in [2.45, 2.75) is 51.6 Å². The number of rotatable bonds is 4. The zero-order chi connectivity index (χ0) is 18.6. The Morgan fingerprint density at radius 1 is 1.07 bits per heavy atom. The normalized spacial score (nSPS) is 22.9. The third-order valence-corrected chi connectivity index (χ3v) is 6.04. The summed E-state index contributed by atoms with van der Waals surface area (Å²) >= 11 is 0. The van der Waals surface area contributed by atoms with Crippen LogP contribution in [0, 0.1) is 5.92 Å². The van der Waals surface area contributed by atoms with E-state index in [0.29, 0.717) is 0 Å². The van der Waals surface area contributed by atoms with Gasteiger partial charge in [0.1, 0.15) is 0 Å². The van der Waals surface area contributed by atoms with Gasteiger partial charge in [0, 0.05) is 18.7 Å². The van der Waals surface area contributed by atoms with Gasteiger partial charge in [-0.05, 0) is 73.4 Å². The molecular formula is C24H30N2O. The molecule has 1 N–H and O–H groups in total. The first-order chi connectivity index (χ1) is 13.2. The largest absolute Gasteiger partial charge is 0.345 e. The lowest BCUT2D eigenvalue weighted by molar-refractivity contribution is 0.0932. The van der Waals surface area contributed by atoms with Gasteiger partial charge in [0.2, 0.25) is 0 Å². The molecule has 1 heterocycles. The van der Waals surface area contributed by atoms with Gasteiger partial charge < -0.3 is 5.32 Å². The highest BCUT2D eigenvalue weighted by molar-refractivity contribution is 5.94. The molecule has 0 radical (unpaired) electrons. The second-order valence-electron chi connectivity index (χ2n) is 8.30. The van der Waals surface area contributed by atoms with Crippen molar-refractivity contribution in [3.8, 4) is 0 Å². The van der Waals surface area contributed by atoms with E-state index in [0.717, 1.165) is 37.3 Å². The van der Waals surface area contributed by atoms with Crippen LogP contribution in [0.15, 0.2) is 48.5 Å². The van der Waals surface area contributed by atoms with E-state index in [9.17, 15) is 4.79 Å². The van der Waals surface area contributed by atoms with Crippen LogP contribution in [0.1, 0.15) is 65.7 Å². The van der Waals surface area contributed by atoms with E-state index in [1.54, 1.807) is 0 Å². The van der Waals surface area contributed by atoms with E-state index in [2.05, 4.69) is 53.5 Å². The van der Waals surface area contributed by atoms with Crippen molar-refractivity contribution in [3.63, 3.8) is 0 Å². The monoisotopic (exact) mass is 362 g/mol. The summed E-state index contributed by atoms with van der Waals surface area (Å²) in [6, 6.07) is 16.8. The summed E-state index contributed by atoms with van der Waals surface area (Å²) in [6.07, 6.45) is 5.92. The maximum Gasteiger partial charge on any atom is 0.251 e. The lowest BCUT2D eigenvalue weighted by Crippen LogP contribution is -2.33. The van der Waals surface area contributed by atoms with Gasteiger partial charge in [0.15, 0.2) is 0 Å². The Bertz CT molecular complexity index is 783. The van der Waals surface area contributed by atoms with Crippen molar-refractivity contribution in [2.75, 3.05) is 13.1 Å². The van der Waals surface area contributed by atoms with Gasteiger partial charge in [-0.25, -0.2) is 0 Å². The van der Waals surface area contributed by atoms with Gasteiger partial charge in [-0.2, -0.15) is 0 Å². The molecule has 0 unspecified atom stereocenters. The van der Waals surface area contributed by atoms with Crippen LogP contribution >= 0.6 is 0 Å². The molecule has 3 nitrogen and oxygen atoms in total. The number of likely N-dealkylation sites (tertiary alicyclic amines) is 1. The molecule has 0 saturated carbocycles. The summed E-state index contributed by atoms with van der Waals surface area (Å²) in [5.74, 6) is 0.831. The maximum atomic E-state index is 12.7. The number of carbonyl (C=O) groups excluding carboxylic acids is 1. The SMILES string of the molecule is C[C@H]1CCCN(Cc2ccc(C(=O)N[C@@H]3CCCc4ccccc43)cc2)C1. The van der Waals surface area contributed by atoms with Gasteiger partial charge in [-0.15, -0.1) is 0 Å². The first kappa shape index (κ1) is 18.2. The molecule has 27 heavy (non-hydrogen) atoms. The van der Waals surface area contributed by atoms with Crippen LogP contribution < -0.4 is 5.32 Å². The van der Waals surface area contributed by atoms with E-state index >= 15 is 0 Å². The van der Waals surface area contributed by atoms with Gasteiger partial charge in [0.25, 0.3) is 5.91 Å². The molecule has 3 heteroatoms. The Kier molecular flexibility index (Phi) is 5.58. The van der Waals surface area contributed by atoms with Crippen molar-refractivity contribution < 1.29 is 4.79 Å². The fourth-order valence-electron chi connectivity index (χ4n) is 4.60. The number of benzene rings is 2. The maximum absolute atomic E-state index is 12.7. The predicted molar refractivity (Wildman–Crippen MR) is 110 cm³/mol. The first-order valence-electron chi connectivity index (χ1n) is 10.4. The molecular weight excluding hydrogens is 332 g/mol. The van der Waals surface area contributed by atoms with Crippen LogP contribution in [0.4, 0.5) is 0 Å². The second kappa shape index (κ2) is 8.26. The fourth-order valence-corrected chi connectivity index (χ4v) is 4.60. The van der Waals surface area contributed by atoms with Crippen molar-refractivity contribution in [1.82, 2.24) is 10.2 Å². The summed E-state index contributed by atoms with van der Waals surface area (Å²) < 4.78 is 0. The van der Waals surface area contributed by atoms with E-state index in [1.165, 1.54) is 42.6 Å². The zero-order valence-electron chi connectivity index (χ0n) is 16.3. The summed E-state index contributed by atoms with van der Waals surface area (Å²) in [6.45, 7) is 5.70. The van der Waals surface area contributed by atoms with E-state index in [4.69, 9.17) is 0 Å². The topological polar surface area (TPSA) is 32.3 Å². The van der Waals surface area contributed by atoms with Crippen LogP contribution in [0.2, 0.25) is 0 Å². The average molecular weight is 363 g/mol. The number of amides is 1. The van der Waals surface area contributed by atoms with Gasteiger partial charge in [0.05, 0.1) is 6.04 Å². The highest BCUT2D eigenvalue weighted by Gasteiger charge is 2.22. The minimum atomic E-state index is 0.0369. The molecule has 2 aliphatic rings. The molecule has 1 fully saturated rings. The summed E-state index contributed by atoms with van der Waals surface area (Å²) in [7, 11) is 0. The van der Waals surface area contributed by atoms with Crippen molar-refractivity contribution in [2.24, 2.45) is 5.92 Å². The first-order valence-corrected chi connectivity index (χ1v) is 10.4.